The van der Waals surface area contributed by atoms with Gasteiger partial charge in [0, 0.05) is 18.3 Å². The van der Waals surface area contributed by atoms with Crippen LogP contribution < -0.4 is 15.4 Å². The van der Waals surface area contributed by atoms with Crippen molar-refractivity contribution >= 4 is 40.7 Å². The lowest BCUT2D eigenvalue weighted by Crippen LogP contribution is -2.18. The zero-order valence-electron chi connectivity index (χ0n) is 13.8. The molecule has 3 rings (SSSR count). The fourth-order valence-corrected chi connectivity index (χ4v) is 2.80. The summed E-state index contributed by atoms with van der Waals surface area (Å²) in [5.41, 5.74) is 1.91. The van der Waals surface area contributed by atoms with Gasteiger partial charge in [-0.25, -0.2) is 0 Å². The maximum absolute atomic E-state index is 11.9. The number of rotatable bonds is 5. The predicted octanol–water partition coefficient (Wildman–Crippen LogP) is 3.71. The van der Waals surface area contributed by atoms with Gasteiger partial charge in [-0.05, 0) is 42.0 Å². The lowest BCUT2D eigenvalue weighted by molar-refractivity contribution is 0.0962. The number of nitrogens with zero attached hydrogens (tertiary/aromatic N) is 3. The summed E-state index contributed by atoms with van der Waals surface area (Å²) in [6.07, 6.45) is 0. The molecule has 10 heteroatoms. The standard InChI is InChI=1S/C16H14Cl2N6O2/c1-8-3-4-10(7-11(8)15(25)19-2)26-14-12(17)5-9(6-13(14)18)20-16-21-23-24-22-16/h3-7H,1-2H3,(H,19,25)(H2,20,21,22,23,24). The van der Waals surface area contributed by atoms with E-state index in [0.717, 1.165) is 5.56 Å². The average molecular weight is 393 g/mol. The quantitative estimate of drug-likeness (QED) is 0.611. The molecule has 1 aromatic heterocycles. The van der Waals surface area contributed by atoms with Crippen molar-refractivity contribution in [3.8, 4) is 11.5 Å². The van der Waals surface area contributed by atoms with Gasteiger partial charge in [-0.15, -0.1) is 5.10 Å². The zero-order valence-corrected chi connectivity index (χ0v) is 15.3. The maximum Gasteiger partial charge on any atom is 0.267 e. The number of carbonyl (C=O) groups excluding carboxylic acids is 1. The molecule has 8 nitrogen and oxygen atoms in total. The Labute approximate surface area is 158 Å². The van der Waals surface area contributed by atoms with Gasteiger partial charge in [0.15, 0.2) is 5.75 Å². The van der Waals surface area contributed by atoms with Crippen molar-refractivity contribution in [2.24, 2.45) is 0 Å². The molecule has 2 aromatic carbocycles. The molecule has 1 amide bonds. The van der Waals surface area contributed by atoms with Crippen molar-refractivity contribution in [3.05, 3.63) is 51.5 Å². The lowest BCUT2D eigenvalue weighted by atomic mass is 10.1. The summed E-state index contributed by atoms with van der Waals surface area (Å²) in [7, 11) is 1.57. The minimum atomic E-state index is -0.204. The summed E-state index contributed by atoms with van der Waals surface area (Å²) in [5, 5.41) is 19.4. The number of hydrogen-bond donors (Lipinski definition) is 3. The van der Waals surface area contributed by atoms with Gasteiger partial charge in [-0.3, -0.25) is 4.79 Å². The number of aromatic amines is 1. The van der Waals surface area contributed by atoms with Gasteiger partial charge in [-0.2, -0.15) is 5.21 Å². The molecular weight excluding hydrogens is 379 g/mol. The van der Waals surface area contributed by atoms with E-state index in [1.165, 1.54) is 0 Å². The SMILES string of the molecule is CNC(=O)c1cc(Oc2c(Cl)cc(Nc3nn[nH]n3)cc2Cl)ccc1C. The number of ether oxygens (including phenoxy) is 1. The molecule has 0 aliphatic heterocycles. The van der Waals surface area contributed by atoms with Gasteiger partial charge in [0.25, 0.3) is 11.9 Å². The van der Waals surface area contributed by atoms with Crippen LogP contribution >= 0.6 is 23.2 Å². The molecule has 0 aliphatic rings. The van der Waals surface area contributed by atoms with Crippen LogP contribution in [0, 0.1) is 6.92 Å². The predicted molar refractivity (Wildman–Crippen MR) is 98.6 cm³/mol. The molecule has 0 radical (unpaired) electrons. The zero-order chi connectivity index (χ0) is 18.7. The summed E-state index contributed by atoms with van der Waals surface area (Å²) in [6, 6.07) is 8.39. The summed E-state index contributed by atoms with van der Waals surface area (Å²) >= 11 is 12.6. The molecule has 26 heavy (non-hydrogen) atoms. The van der Waals surface area contributed by atoms with Crippen LogP contribution in [-0.4, -0.2) is 33.6 Å². The van der Waals surface area contributed by atoms with E-state index in [-0.39, 0.29) is 27.7 Å². The van der Waals surface area contributed by atoms with E-state index in [1.54, 1.807) is 37.4 Å². The molecule has 0 atom stereocenters. The number of anilines is 2. The first-order valence-electron chi connectivity index (χ1n) is 7.48. The molecule has 0 saturated heterocycles. The maximum atomic E-state index is 11.9. The molecular formula is C16H14Cl2N6O2. The molecule has 134 valence electrons. The number of H-pyrrole nitrogens is 1. The number of benzene rings is 2. The third kappa shape index (κ3) is 3.87. The van der Waals surface area contributed by atoms with Gasteiger partial charge in [-0.1, -0.05) is 34.4 Å². The van der Waals surface area contributed by atoms with Gasteiger partial charge < -0.3 is 15.4 Å². The van der Waals surface area contributed by atoms with Gasteiger partial charge >= 0.3 is 0 Å². The highest BCUT2D eigenvalue weighted by Crippen LogP contribution is 2.39. The fourth-order valence-electron chi connectivity index (χ4n) is 2.24. The molecule has 3 N–H and O–H groups in total. The first-order chi connectivity index (χ1) is 12.5. The average Bonchev–Trinajstić information content (AvgIpc) is 3.11. The highest BCUT2D eigenvalue weighted by atomic mass is 35.5. The Kier molecular flexibility index (Phi) is 5.24. The molecule has 0 aliphatic carbocycles. The van der Waals surface area contributed by atoms with E-state index in [1.807, 2.05) is 6.92 Å². The van der Waals surface area contributed by atoms with E-state index in [0.29, 0.717) is 17.0 Å². The third-order valence-corrected chi connectivity index (χ3v) is 4.06. The third-order valence-electron chi connectivity index (χ3n) is 3.50. The summed E-state index contributed by atoms with van der Waals surface area (Å²) in [5.74, 6) is 0.792. The Morgan fingerprint density at radius 2 is 1.92 bits per heavy atom. The number of aryl methyl sites for hydroxylation is 1. The minimum Gasteiger partial charge on any atom is -0.454 e. The van der Waals surface area contributed by atoms with Gasteiger partial charge in [0.2, 0.25) is 0 Å². The highest BCUT2D eigenvalue weighted by molar-refractivity contribution is 6.37. The summed E-state index contributed by atoms with van der Waals surface area (Å²) < 4.78 is 5.80. The largest absolute Gasteiger partial charge is 0.454 e. The van der Waals surface area contributed by atoms with Crippen LogP contribution in [0.5, 0.6) is 11.5 Å². The van der Waals surface area contributed by atoms with Crippen molar-refractivity contribution in [2.45, 2.75) is 6.92 Å². The second-order valence-electron chi connectivity index (χ2n) is 5.29. The Hall–Kier alpha value is -2.84. The molecule has 0 bridgehead atoms. The number of hydrogen-bond acceptors (Lipinski definition) is 6. The Morgan fingerprint density at radius 3 is 2.54 bits per heavy atom. The van der Waals surface area contributed by atoms with E-state index in [2.05, 4.69) is 31.3 Å². The Bertz CT molecular complexity index is 923. The van der Waals surface area contributed by atoms with Crippen LogP contribution in [-0.2, 0) is 0 Å². The molecule has 1 heterocycles. The van der Waals surface area contributed by atoms with Crippen molar-refractivity contribution in [1.82, 2.24) is 25.9 Å². The van der Waals surface area contributed by atoms with Crippen LogP contribution in [0.25, 0.3) is 0 Å². The molecule has 0 spiro atoms. The number of tetrazole rings is 1. The molecule has 0 saturated carbocycles. The van der Waals surface area contributed by atoms with Crippen LogP contribution in [0.15, 0.2) is 30.3 Å². The number of carbonyl (C=O) groups is 1. The van der Waals surface area contributed by atoms with E-state index < -0.39 is 0 Å². The van der Waals surface area contributed by atoms with Crippen LogP contribution in [0.4, 0.5) is 11.6 Å². The van der Waals surface area contributed by atoms with E-state index >= 15 is 0 Å². The van der Waals surface area contributed by atoms with E-state index in [4.69, 9.17) is 27.9 Å². The minimum absolute atomic E-state index is 0.204. The van der Waals surface area contributed by atoms with Crippen LogP contribution in [0.3, 0.4) is 0 Å². The second kappa shape index (κ2) is 7.59. The van der Waals surface area contributed by atoms with Crippen molar-refractivity contribution in [2.75, 3.05) is 12.4 Å². The van der Waals surface area contributed by atoms with Crippen molar-refractivity contribution in [1.29, 1.82) is 0 Å². The number of amides is 1. The van der Waals surface area contributed by atoms with Crippen molar-refractivity contribution < 1.29 is 9.53 Å². The Balaban J connectivity index is 1.87. The highest BCUT2D eigenvalue weighted by Gasteiger charge is 2.14. The molecule has 0 unspecified atom stereocenters. The monoisotopic (exact) mass is 392 g/mol. The van der Waals surface area contributed by atoms with Crippen molar-refractivity contribution in [3.63, 3.8) is 0 Å². The first-order valence-corrected chi connectivity index (χ1v) is 8.23. The number of halogens is 2. The van der Waals surface area contributed by atoms with Gasteiger partial charge in [0.1, 0.15) is 5.75 Å². The topological polar surface area (TPSA) is 105 Å². The summed E-state index contributed by atoms with van der Waals surface area (Å²) in [6.45, 7) is 1.84. The lowest BCUT2D eigenvalue weighted by Gasteiger charge is -2.13. The molecule has 3 aromatic rings. The Morgan fingerprint density at radius 1 is 1.19 bits per heavy atom. The number of nitrogens with one attached hydrogen (secondary N) is 3. The van der Waals surface area contributed by atoms with Crippen LogP contribution in [0.1, 0.15) is 15.9 Å². The van der Waals surface area contributed by atoms with Gasteiger partial charge in [0.05, 0.1) is 10.0 Å². The smallest absolute Gasteiger partial charge is 0.267 e. The van der Waals surface area contributed by atoms with E-state index in [9.17, 15) is 4.79 Å². The van der Waals surface area contributed by atoms with Crippen LogP contribution in [0.2, 0.25) is 10.0 Å². The fraction of sp³-hybridized carbons (Fsp3) is 0.125. The molecule has 0 fully saturated rings. The summed E-state index contributed by atoms with van der Waals surface area (Å²) in [4.78, 5) is 11.9. The number of aromatic nitrogens is 4. The second-order valence-corrected chi connectivity index (χ2v) is 6.10. The normalized spacial score (nSPS) is 10.5. The first kappa shape index (κ1) is 18.0.